The van der Waals surface area contributed by atoms with Gasteiger partial charge in [-0.2, -0.15) is 0 Å². The van der Waals surface area contributed by atoms with Crippen molar-refractivity contribution in [2.24, 2.45) is 0 Å². The smallest absolute Gasteiger partial charge is 0.270 e. The highest BCUT2D eigenvalue weighted by Crippen LogP contribution is 2.14. The summed E-state index contributed by atoms with van der Waals surface area (Å²) in [5.41, 5.74) is 1.66. The first kappa shape index (κ1) is 15.1. The van der Waals surface area contributed by atoms with E-state index < -0.39 is 0 Å². The van der Waals surface area contributed by atoms with Crippen molar-refractivity contribution in [1.82, 2.24) is 10.3 Å². The SMILES string of the molecule is O=C(NCC1COCCO1)c1csc(Cc2ccccc2)n1. The molecule has 0 radical (unpaired) electrons. The predicted molar refractivity (Wildman–Crippen MR) is 84.3 cm³/mol. The highest BCUT2D eigenvalue weighted by molar-refractivity contribution is 7.09. The minimum atomic E-state index is -0.162. The number of rotatable bonds is 5. The number of carbonyl (C=O) groups excluding carboxylic acids is 1. The molecule has 0 bridgehead atoms. The molecule has 3 rings (SSSR count). The summed E-state index contributed by atoms with van der Waals surface area (Å²) in [5, 5.41) is 5.58. The highest BCUT2D eigenvalue weighted by Gasteiger charge is 2.17. The maximum absolute atomic E-state index is 12.1. The number of aromatic nitrogens is 1. The van der Waals surface area contributed by atoms with Crippen LogP contribution in [0.1, 0.15) is 21.1 Å². The first-order chi connectivity index (χ1) is 10.8. The fraction of sp³-hybridized carbons (Fsp3) is 0.375. The third-order valence-corrected chi connectivity index (χ3v) is 4.21. The van der Waals surface area contributed by atoms with Gasteiger partial charge in [0.1, 0.15) is 5.69 Å². The van der Waals surface area contributed by atoms with Crippen molar-refractivity contribution < 1.29 is 14.3 Å². The van der Waals surface area contributed by atoms with Crippen molar-refractivity contribution >= 4 is 17.2 Å². The average molecular weight is 318 g/mol. The van der Waals surface area contributed by atoms with Crippen molar-refractivity contribution in [1.29, 1.82) is 0 Å². The molecule has 1 aliphatic rings. The first-order valence-electron chi connectivity index (χ1n) is 7.27. The lowest BCUT2D eigenvalue weighted by atomic mass is 10.2. The Labute approximate surface area is 133 Å². The summed E-state index contributed by atoms with van der Waals surface area (Å²) >= 11 is 1.51. The van der Waals surface area contributed by atoms with E-state index in [1.54, 1.807) is 5.38 Å². The number of benzene rings is 1. The van der Waals surface area contributed by atoms with Crippen molar-refractivity contribution in [2.75, 3.05) is 26.4 Å². The van der Waals surface area contributed by atoms with Gasteiger partial charge in [0.2, 0.25) is 0 Å². The zero-order chi connectivity index (χ0) is 15.2. The van der Waals surface area contributed by atoms with Gasteiger partial charge in [-0.1, -0.05) is 30.3 Å². The monoisotopic (exact) mass is 318 g/mol. The maximum Gasteiger partial charge on any atom is 0.270 e. The van der Waals surface area contributed by atoms with Gasteiger partial charge < -0.3 is 14.8 Å². The van der Waals surface area contributed by atoms with Crippen LogP contribution in [0.5, 0.6) is 0 Å². The van der Waals surface area contributed by atoms with Gasteiger partial charge in [-0.25, -0.2) is 4.98 Å². The van der Waals surface area contributed by atoms with E-state index in [9.17, 15) is 4.79 Å². The number of carbonyl (C=O) groups is 1. The highest BCUT2D eigenvalue weighted by atomic mass is 32.1. The summed E-state index contributed by atoms with van der Waals surface area (Å²) in [5.74, 6) is -0.162. The van der Waals surface area contributed by atoms with E-state index in [4.69, 9.17) is 9.47 Å². The Balaban J connectivity index is 1.52. The standard InChI is InChI=1S/C16H18N2O3S/c19-16(17-9-13-10-20-6-7-21-13)14-11-22-15(18-14)8-12-4-2-1-3-5-12/h1-5,11,13H,6-10H2,(H,17,19). The predicted octanol–water partition coefficient (Wildman–Crippen LogP) is 1.88. The molecule has 1 fully saturated rings. The molecule has 0 saturated carbocycles. The lowest BCUT2D eigenvalue weighted by Gasteiger charge is -2.22. The van der Waals surface area contributed by atoms with Crippen LogP contribution in [0.25, 0.3) is 0 Å². The van der Waals surface area contributed by atoms with Crippen LogP contribution in [0.15, 0.2) is 35.7 Å². The van der Waals surface area contributed by atoms with Crippen LogP contribution in [-0.4, -0.2) is 43.4 Å². The minimum absolute atomic E-state index is 0.0693. The molecular formula is C16H18N2O3S. The van der Waals surface area contributed by atoms with E-state index in [0.29, 0.717) is 32.1 Å². The van der Waals surface area contributed by atoms with Crippen LogP contribution in [0, 0.1) is 0 Å². The van der Waals surface area contributed by atoms with Crippen molar-refractivity contribution in [3.8, 4) is 0 Å². The third kappa shape index (κ3) is 4.13. The second-order valence-corrected chi connectivity index (χ2v) is 6.01. The Morgan fingerprint density at radius 1 is 1.32 bits per heavy atom. The van der Waals surface area contributed by atoms with Crippen LogP contribution in [0.3, 0.4) is 0 Å². The van der Waals surface area contributed by atoms with Gasteiger partial charge in [-0.05, 0) is 5.56 Å². The Morgan fingerprint density at radius 2 is 2.18 bits per heavy atom. The summed E-state index contributed by atoms with van der Waals surface area (Å²) in [6.45, 7) is 2.18. The van der Waals surface area contributed by atoms with Gasteiger partial charge in [-0.15, -0.1) is 11.3 Å². The number of hydrogen-bond acceptors (Lipinski definition) is 5. The topological polar surface area (TPSA) is 60.5 Å². The molecule has 1 aliphatic heterocycles. The average Bonchev–Trinajstić information content (AvgIpc) is 3.03. The minimum Gasteiger partial charge on any atom is -0.376 e. The van der Waals surface area contributed by atoms with E-state index in [2.05, 4.69) is 22.4 Å². The Kier molecular flexibility index (Phi) is 5.15. The molecule has 1 amide bonds. The summed E-state index contributed by atoms with van der Waals surface area (Å²) in [6.07, 6.45) is 0.679. The van der Waals surface area contributed by atoms with E-state index in [-0.39, 0.29) is 12.0 Å². The molecular weight excluding hydrogens is 300 g/mol. The third-order valence-electron chi connectivity index (χ3n) is 3.36. The normalized spacial score (nSPS) is 18.1. The number of nitrogens with zero attached hydrogens (tertiary/aromatic N) is 1. The molecule has 1 aromatic carbocycles. The fourth-order valence-corrected chi connectivity index (χ4v) is 3.03. The van der Waals surface area contributed by atoms with Crippen molar-refractivity contribution in [2.45, 2.75) is 12.5 Å². The van der Waals surface area contributed by atoms with Crippen LogP contribution in [-0.2, 0) is 15.9 Å². The van der Waals surface area contributed by atoms with Crippen LogP contribution in [0.2, 0.25) is 0 Å². The second-order valence-electron chi connectivity index (χ2n) is 5.07. The molecule has 2 heterocycles. The summed E-state index contributed by atoms with van der Waals surface area (Å²) in [4.78, 5) is 16.5. The summed E-state index contributed by atoms with van der Waals surface area (Å²) in [6, 6.07) is 10.1. The number of hydrogen-bond donors (Lipinski definition) is 1. The number of amides is 1. The first-order valence-corrected chi connectivity index (χ1v) is 8.15. The van der Waals surface area contributed by atoms with Crippen LogP contribution in [0.4, 0.5) is 0 Å². The molecule has 0 spiro atoms. The van der Waals surface area contributed by atoms with Crippen molar-refractivity contribution in [3.05, 3.63) is 52.0 Å². The molecule has 1 atom stereocenters. The molecule has 1 aromatic heterocycles. The lowest BCUT2D eigenvalue weighted by Crippen LogP contribution is -2.39. The van der Waals surface area contributed by atoms with Crippen LogP contribution >= 0.6 is 11.3 Å². The molecule has 1 N–H and O–H groups in total. The molecule has 0 aliphatic carbocycles. The van der Waals surface area contributed by atoms with E-state index in [0.717, 1.165) is 11.4 Å². The van der Waals surface area contributed by atoms with Gasteiger partial charge >= 0.3 is 0 Å². The molecule has 1 saturated heterocycles. The number of nitrogens with one attached hydrogen (secondary N) is 1. The summed E-state index contributed by atoms with van der Waals surface area (Å²) in [7, 11) is 0. The molecule has 2 aromatic rings. The van der Waals surface area contributed by atoms with E-state index in [1.165, 1.54) is 16.9 Å². The van der Waals surface area contributed by atoms with E-state index >= 15 is 0 Å². The van der Waals surface area contributed by atoms with Gasteiger partial charge in [0.15, 0.2) is 0 Å². The Morgan fingerprint density at radius 3 is 2.95 bits per heavy atom. The van der Waals surface area contributed by atoms with Gasteiger partial charge in [-0.3, -0.25) is 4.79 Å². The molecule has 116 valence electrons. The molecule has 6 heteroatoms. The Bertz CT molecular complexity index is 609. The quantitative estimate of drug-likeness (QED) is 0.914. The van der Waals surface area contributed by atoms with Gasteiger partial charge in [0, 0.05) is 18.3 Å². The maximum atomic E-state index is 12.1. The van der Waals surface area contributed by atoms with Gasteiger partial charge in [0.05, 0.1) is 30.9 Å². The summed E-state index contributed by atoms with van der Waals surface area (Å²) < 4.78 is 10.8. The lowest BCUT2D eigenvalue weighted by molar-refractivity contribution is -0.0855. The number of thiazole rings is 1. The largest absolute Gasteiger partial charge is 0.376 e. The molecule has 22 heavy (non-hydrogen) atoms. The Hall–Kier alpha value is -1.76. The van der Waals surface area contributed by atoms with Crippen molar-refractivity contribution in [3.63, 3.8) is 0 Å². The molecule has 1 unspecified atom stereocenters. The van der Waals surface area contributed by atoms with Gasteiger partial charge in [0.25, 0.3) is 5.91 Å². The molecule has 5 nitrogen and oxygen atoms in total. The van der Waals surface area contributed by atoms with E-state index in [1.807, 2.05) is 18.2 Å². The zero-order valence-electron chi connectivity index (χ0n) is 12.2. The zero-order valence-corrected chi connectivity index (χ0v) is 13.0. The van der Waals surface area contributed by atoms with Crippen LogP contribution < -0.4 is 5.32 Å². The number of ether oxygens (including phenoxy) is 2. The second kappa shape index (κ2) is 7.49. The fourth-order valence-electron chi connectivity index (χ4n) is 2.22.